The van der Waals surface area contributed by atoms with E-state index in [1.54, 1.807) is 18.4 Å². The van der Waals surface area contributed by atoms with Crippen molar-refractivity contribution in [2.75, 3.05) is 13.9 Å². The van der Waals surface area contributed by atoms with Crippen molar-refractivity contribution in [3.05, 3.63) is 76.0 Å². The van der Waals surface area contributed by atoms with Gasteiger partial charge in [-0.25, -0.2) is 0 Å². The van der Waals surface area contributed by atoms with Crippen LogP contribution in [0.4, 0.5) is 0 Å². The van der Waals surface area contributed by atoms with Crippen LogP contribution in [0.2, 0.25) is 0 Å². The van der Waals surface area contributed by atoms with E-state index in [2.05, 4.69) is 6.07 Å². The number of benzene rings is 2. The zero-order valence-electron chi connectivity index (χ0n) is 16.3. The molecule has 1 aliphatic heterocycles. The number of carbonyl (C=O) groups is 1. The first-order valence-corrected chi connectivity index (χ1v) is 10.4. The van der Waals surface area contributed by atoms with Crippen molar-refractivity contribution in [3.63, 3.8) is 0 Å². The minimum atomic E-state index is 0.113. The third-order valence-electron chi connectivity index (χ3n) is 4.90. The van der Waals surface area contributed by atoms with E-state index in [4.69, 9.17) is 14.2 Å². The molecular weight excluding hydrogens is 386 g/mol. The van der Waals surface area contributed by atoms with Crippen LogP contribution in [0.1, 0.15) is 22.4 Å². The van der Waals surface area contributed by atoms with Crippen LogP contribution >= 0.6 is 11.3 Å². The van der Waals surface area contributed by atoms with E-state index in [9.17, 15) is 4.79 Å². The predicted molar refractivity (Wildman–Crippen MR) is 112 cm³/mol. The number of aryl methyl sites for hydroxylation is 1. The van der Waals surface area contributed by atoms with E-state index < -0.39 is 0 Å². The number of para-hydroxylation sites is 1. The number of methoxy groups -OCH3 is 1. The molecule has 0 bridgehead atoms. The number of nitrogens with zero attached hydrogens (tertiary/aromatic N) is 1. The summed E-state index contributed by atoms with van der Waals surface area (Å²) in [5.41, 5.74) is 2.07. The lowest BCUT2D eigenvalue weighted by Crippen LogP contribution is -2.30. The first-order valence-electron chi connectivity index (χ1n) is 9.53. The summed E-state index contributed by atoms with van der Waals surface area (Å²) in [4.78, 5) is 16.2. The van der Waals surface area contributed by atoms with Gasteiger partial charge in [0.25, 0.3) is 0 Å². The number of ether oxygens (including phenoxy) is 3. The Hall–Kier alpha value is -2.99. The highest BCUT2D eigenvalue weighted by molar-refractivity contribution is 7.09. The van der Waals surface area contributed by atoms with Gasteiger partial charge in [-0.1, -0.05) is 30.3 Å². The van der Waals surface area contributed by atoms with Crippen molar-refractivity contribution < 1.29 is 19.0 Å². The Balaban J connectivity index is 1.46. The van der Waals surface area contributed by atoms with Gasteiger partial charge in [0.2, 0.25) is 12.7 Å². The van der Waals surface area contributed by atoms with Crippen LogP contribution in [0.15, 0.2) is 60.0 Å². The van der Waals surface area contributed by atoms with E-state index in [-0.39, 0.29) is 12.7 Å². The molecule has 4 rings (SSSR count). The van der Waals surface area contributed by atoms with Crippen molar-refractivity contribution in [2.45, 2.75) is 25.9 Å². The molecule has 0 aliphatic carbocycles. The lowest BCUT2D eigenvalue weighted by atomic mass is 10.1. The van der Waals surface area contributed by atoms with Crippen LogP contribution < -0.4 is 14.2 Å². The van der Waals surface area contributed by atoms with E-state index in [1.165, 1.54) is 0 Å². The molecule has 6 heteroatoms. The molecule has 0 fully saturated rings. The first kappa shape index (κ1) is 19.3. The Kier molecular flexibility index (Phi) is 6.00. The number of fused-ring (bicyclic) bond motifs is 1. The molecule has 1 amide bonds. The summed E-state index contributed by atoms with van der Waals surface area (Å²) in [6, 6.07) is 17.8. The Morgan fingerprint density at radius 2 is 1.93 bits per heavy atom. The molecule has 3 aromatic rings. The topological polar surface area (TPSA) is 48.0 Å². The highest BCUT2D eigenvalue weighted by Crippen LogP contribution is 2.33. The summed E-state index contributed by atoms with van der Waals surface area (Å²) in [6.45, 7) is 1.36. The molecule has 2 aromatic carbocycles. The lowest BCUT2D eigenvalue weighted by Gasteiger charge is -2.23. The molecule has 29 heavy (non-hydrogen) atoms. The maximum Gasteiger partial charge on any atom is 0.231 e. The molecule has 0 radical (unpaired) electrons. The van der Waals surface area contributed by atoms with Crippen LogP contribution in [-0.4, -0.2) is 24.7 Å². The van der Waals surface area contributed by atoms with Crippen LogP contribution in [-0.2, 0) is 24.3 Å². The van der Waals surface area contributed by atoms with Crippen molar-refractivity contribution in [1.29, 1.82) is 0 Å². The molecule has 1 aliphatic rings. The number of hydrogen-bond acceptors (Lipinski definition) is 5. The van der Waals surface area contributed by atoms with E-state index in [0.29, 0.717) is 25.9 Å². The highest BCUT2D eigenvalue weighted by atomic mass is 32.1. The molecule has 0 unspecified atom stereocenters. The molecule has 1 aromatic heterocycles. The number of amides is 1. The fourth-order valence-corrected chi connectivity index (χ4v) is 4.09. The third kappa shape index (κ3) is 4.71. The predicted octanol–water partition coefficient (Wildman–Crippen LogP) is 4.65. The average Bonchev–Trinajstić information content (AvgIpc) is 3.43. The second kappa shape index (κ2) is 9.01. The molecule has 150 valence electrons. The van der Waals surface area contributed by atoms with Crippen LogP contribution in [0, 0.1) is 0 Å². The quantitative estimate of drug-likeness (QED) is 0.544. The summed E-state index contributed by atoms with van der Waals surface area (Å²) in [5.74, 6) is 2.42. The van der Waals surface area contributed by atoms with Crippen LogP contribution in [0.3, 0.4) is 0 Å². The van der Waals surface area contributed by atoms with E-state index in [1.807, 2.05) is 58.8 Å². The second-order valence-electron chi connectivity index (χ2n) is 6.83. The minimum absolute atomic E-state index is 0.113. The number of carbonyl (C=O) groups excluding carboxylic acids is 1. The van der Waals surface area contributed by atoms with Gasteiger partial charge in [-0.2, -0.15) is 0 Å². The summed E-state index contributed by atoms with van der Waals surface area (Å²) >= 11 is 1.66. The average molecular weight is 410 g/mol. The van der Waals surface area contributed by atoms with Crippen LogP contribution in [0.5, 0.6) is 17.2 Å². The summed E-state index contributed by atoms with van der Waals surface area (Å²) in [7, 11) is 1.66. The molecular formula is C23H23NO4S. The van der Waals surface area contributed by atoms with Gasteiger partial charge in [0.05, 0.1) is 13.7 Å². The Bertz CT molecular complexity index is 971. The Morgan fingerprint density at radius 3 is 2.76 bits per heavy atom. The lowest BCUT2D eigenvalue weighted by molar-refractivity contribution is -0.132. The fourth-order valence-electron chi connectivity index (χ4n) is 3.37. The van der Waals surface area contributed by atoms with Gasteiger partial charge in [-0.05, 0) is 41.6 Å². The molecule has 0 saturated carbocycles. The van der Waals surface area contributed by atoms with Gasteiger partial charge in [-0.15, -0.1) is 11.3 Å². The minimum Gasteiger partial charge on any atom is -0.496 e. The third-order valence-corrected chi connectivity index (χ3v) is 5.76. The smallest absolute Gasteiger partial charge is 0.231 e. The zero-order chi connectivity index (χ0) is 20.1. The Labute approximate surface area is 174 Å². The maximum absolute atomic E-state index is 13.1. The zero-order valence-corrected chi connectivity index (χ0v) is 17.1. The van der Waals surface area contributed by atoms with Gasteiger partial charge in [-0.3, -0.25) is 4.79 Å². The van der Waals surface area contributed by atoms with Crippen LogP contribution in [0.25, 0.3) is 0 Å². The fraction of sp³-hybridized carbons (Fsp3) is 0.261. The van der Waals surface area contributed by atoms with Crippen molar-refractivity contribution in [1.82, 2.24) is 4.90 Å². The molecule has 5 nitrogen and oxygen atoms in total. The first-order chi connectivity index (χ1) is 14.2. The standard InChI is InChI=1S/C23H23NO4S/c1-26-20-7-3-2-5-18(20)14-24(15-19-6-4-12-29-19)23(25)11-9-17-8-10-21-22(13-17)28-16-27-21/h2-8,10,12-13H,9,11,14-16H2,1H3. The maximum atomic E-state index is 13.1. The monoisotopic (exact) mass is 409 g/mol. The summed E-state index contributed by atoms with van der Waals surface area (Å²) in [6.07, 6.45) is 1.09. The molecule has 0 N–H and O–H groups in total. The Morgan fingerprint density at radius 1 is 1.07 bits per heavy atom. The highest BCUT2D eigenvalue weighted by Gasteiger charge is 2.18. The molecule has 0 saturated heterocycles. The number of thiophene rings is 1. The van der Waals surface area contributed by atoms with Gasteiger partial charge in [0.1, 0.15) is 5.75 Å². The van der Waals surface area contributed by atoms with Crippen molar-refractivity contribution in [2.24, 2.45) is 0 Å². The second-order valence-corrected chi connectivity index (χ2v) is 7.86. The van der Waals surface area contributed by atoms with Crippen molar-refractivity contribution >= 4 is 17.2 Å². The van der Waals surface area contributed by atoms with E-state index in [0.717, 1.165) is 33.3 Å². The van der Waals surface area contributed by atoms with E-state index >= 15 is 0 Å². The molecule has 2 heterocycles. The number of rotatable bonds is 8. The molecule has 0 atom stereocenters. The van der Waals surface area contributed by atoms with Gasteiger partial charge >= 0.3 is 0 Å². The van der Waals surface area contributed by atoms with Crippen molar-refractivity contribution in [3.8, 4) is 17.2 Å². The largest absolute Gasteiger partial charge is 0.496 e. The molecule has 0 spiro atoms. The van der Waals surface area contributed by atoms with Gasteiger partial charge < -0.3 is 19.1 Å². The number of hydrogen-bond donors (Lipinski definition) is 0. The van der Waals surface area contributed by atoms with Gasteiger partial charge in [0.15, 0.2) is 11.5 Å². The van der Waals surface area contributed by atoms with Gasteiger partial charge in [0, 0.05) is 23.4 Å². The normalized spacial score (nSPS) is 12.0. The summed E-state index contributed by atoms with van der Waals surface area (Å²) < 4.78 is 16.3. The summed E-state index contributed by atoms with van der Waals surface area (Å²) in [5, 5.41) is 2.04. The SMILES string of the molecule is COc1ccccc1CN(Cc1cccs1)C(=O)CCc1ccc2c(c1)OCO2.